The van der Waals surface area contributed by atoms with Crippen molar-refractivity contribution in [1.29, 1.82) is 0 Å². The van der Waals surface area contributed by atoms with Gasteiger partial charge in [0, 0.05) is 24.1 Å². The fraction of sp³-hybridized carbons (Fsp3) is 0.538. The average molecular weight is 548 g/mol. The van der Waals surface area contributed by atoms with E-state index in [9.17, 15) is 23.2 Å². The highest BCUT2D eigenvalue weighted by Crippen LogP contribution is 2.37. The fourth-order valence-electron chi connectivity index (χ4n) is 4.59. The molecule has 0 spiro atoms. The SMILES string of the molecule is C[C@H](N)c1oc(-c2ccc(OC(F)F)c(OCC3CC3)c2)nc1C(=O)N1C[C@H](NC(=O)C2CC2)C[C@H]1C(N)=O. The number of hydrogen-bond acceptors (Lipinski definition) is 8. The molecule has 0 bridgehead atoms. The van der Waals surface area contributed by atoms with Crippen molar-refractivity contribution in [2.75, 3.05) is 13.2 Å². The summed E-state index contributed by atoms with van der Waals surface area (Å²) in [7, 11) is 0. The highest BCUT2D eigenvalue weighted by atomic mass is 19.3. The number of primary amides is 1. The van der Waals surface area contributed by atoms with E-state index in [-0.39, 0.29) is 53.6 Å². The van der Waals surface area contributed by atoms with E-state index in [0.717, 1.165) is 25.7 Å². The van der Waals surface area contributed by atoms with Crippen LogP contribution in [0.25, 0.3) is 11.5 Å². The molecule has 1 aromatic heterocycles. The zero-order valence-electron chi connectivity index (χ0n) is 21.4. The van der Waals surface area contributed by atoms with Gasteiger partial charge in [-0.1, -0.05) is 0 Å². The zero-order valence-corrected chi connectivity index (χ0v) is 21.4. The molecular formula is C26H31F2N5O6. The predicted octanol–water partition coefficient (Wildman–Crippen LogP) is 2.35. The lowest BCUT2D eigenvalue weighted by molar-refractivity contribution is -0.123. The Morgan fingerprint density at radius 2 is 1.95 bits per heavy atom. The number of nitrogens with one attached hydrogen (secondary N) is 1. The fourth-order valence-corrected chi connectivity index (χ4v) is 4.59. The van der Waals surface area contributed by atoms with Gasteiger partial charge in [0.2, 0.25) is 17.7 Å². The number of carbonyl (C=O) groups is 3. The quantitative estimate of drug-likeness (QED) is 0.386. The Bertz CT molecular complexity index is 1260. The Morgan fingerprint density at radius 3 is 2.56 bits per heavy atom. The van der Waals surface area contributed by atoms with Crippen LogP contribution in [-0.2, 0) is 9.59 Å². The summed E-state index contributed by atoms with van der Waals surface area (Å²) in [6, 6.07) is 2.11. The lowest BCUT2D eigenvalue weighted by atomic mass is 10.1. The summed E-state index contributed by atoms with van der Waals surface area (Å²) >= 11 is 0. The van der Waals surface area contributed by atoms with Crippen LogP contribution in [0.5, 0.6) is 11.5 Å². The van der Waals surface area contributed by atoms with E-state index in [2.05, 4.69) is 15.0 Å². The number of likely N-dealkylation sites (tertiary alicyclic amines) is 1. The first kappa shape index (κ1) is 26.9. The highest BCUT2D eigenvalue weighted by Gasteiger charge is 2.43. The summed E-state index contributed by atoms with van der Waals surface area (Å²) in [6.45, 7) is -0.999. The van der Waals surface area contributed by atoms with Crippen LogP contribution in [0.4, 0.5) is 8.78 Å². The molecule has 0 radical (unpaired) electrons. The van der Waals surface area contributed by atoms with E-state index in [0.29, 0.717) is 18.1 Å². The number of amides is 3. The number of rotatable bonds is 11. The van der Waals surface area contributed by atoms with Crippen LogP contribution in [0, 0.1) is 11.8 Å². The van der Waals surface area contributed by atoms with Crippen LogP contribution in [0.15, 0.2) is 22.6 Å². The molecule has 2 saturated carbocycles. The third kappa shape index (κ3) is 6.13. The van der Waals surface area contributed by atoms with Crippen LogP contribution >= 0.6 is 0 Å². The Hall–Kier alpha value is -3.74. The molecule has 210 valence electrons. The third-order valence-electron chi connectivity index (χ3n) is 7.03. The minimum Gasteiger partial charge on any atom is -0.489 e. The van der Waals surface area contributed by atoms with E-state index < -0.39 is 36.6 Å². The second-order valence-electron chi connectivity index (χ2n) is 10.4. The third-order valence-corrected chi connectivity index (χ3v) is 7.03. The van der Waals surface area contributed by atoms with Crippen LogP contribution in [-0.4, -0.2) is 59.5 Å². The molecule has 2 heterocycles. The van der Waals surface area contributed by atoms with Gasteiger partial charge in [0.05, 0.1) is 12.6 Å². The van der Waals surface area contributed by atoms with E-state index in [1.54, 1.807) is 6.92 Å². The van der Waals surface area contributed by atoms with Gasteiger partial charge in [-0.25, -0.2) is 4.98 Å². The number of hydrogen-bond donors (Lipinski definition) is 3. The topological polar surface area (TPSA) is 163 Å². The van der Waals surface area contributed by atoms with Gasteiger partial charge in [0.25, 0.3) is 5.91 Å². The van der Waals surface area contributed by atoms with Gasteiger partial charge in [-0.05, 0) is 63.1 Å². The van der Waals surface area contributed by atoms with Gasteiger partial charge >= 0.3 is 6.61 Å². The number of aromatic nitrogens is 1. The molecule has 13 heteroatoms. The summed E-state index contributed by atoms with van der Waals surface area (Å²) in [6.07, 6.45) is 3.83. The Morgan fingerprint density at radius 1 is 1.21 bits per heavy atom. The summed E-state index contributed by atoms with van der Waals surface area (Å²) in [4.78, 5) is 43.7. The molecule has 1 aromatic carbocycles. The Kier molecular flexibility index (Phi) is 7.43. The number of nitrogens with zero attached hydrogens (tertiary/aromatic N) is 2. The summed E-state index contributed by atoms with van der Waals surface area (Å²) in [5.41, 5.74) is 11.9. The molecule has 11 nitrogen and oxygen atoms in total. The minimum absolute atomic E-state index is 0.0129. The zero-order chi connectivity index (χ0) is 27.8. The van der Waals surface area contributed by atoms with Crippen LogP contribution in [0.3, 0.4) is 0 Å². The maximum Gasteiger partial charge on any atom is 0.387 e. The second kappa shape index (κ2) is 10.8. The molecule has 2 aliphatic carbocycles. The first-order chi connectivity index (χ1) is 18.6. The molecule has 3 aliphatic rings. The van der Waals surface area contributed by atoms with Crippen molar-refractivity contribution in [2.45, 2.75) is 63.8 Å². The molecule has 3 amide bonds. The summed E-state index contributed by atoms with van der Waals surface area (Å²) in [5, 5.41) is 2.89. The van der Waals surface area contributed by atoms with Crippen LogP contribution in [0.1, 0.15) is 61.3 Å². The van der Waals surface area contributed by atoms with Crippen molar-refractivity contribution in [3.8, 4) is 23.0 Å². The monoisotopic (exact) mass is 547 g/mol. The van der Waals surface area contributed by atoms with Crippen molar-refractivity contribution in [3.05, 3.63) is 29.7 Å². The Labute approximate surface area is 223 Å². The van der Waals surface area contributed by atoms with E-state index in [4.69, 9.17) is 20.6 Å². The van der Waals surface area contributed by atoms with Crippen molar-refractivity contribution in [2.24, 2.45) is 23.3 Å². The van der Waals surface area contributed by atoms with Crippen molar-refractivity contribution >= 4 is 17.7 Å². The lowest BCUT2D eigenvalue weighted by Gasteiger charge is -2.21. The van der Waals surface area contributed by atoms with E-state index >= 15 is 0 Å². The number of nitrogens with two attached hydrogens (primary N) is 2. The number of carbonyl (C=O) groups excluding carboxylic acids is 3. The van der Waals surface area contributed by atoms with Gasteiger partial charge < -0.3 is 35.6 Å². The smallest absolute Gasteiger partial charge is 0.387 e. The van der Waals surface area contributed by atoms with Crippen LogP contribution < -0.4 is 26.3 Å². The summed E-state index contributed by atoms with van der Waals surface area (Å²) < 4.78 is 42.0. The van der Waals surface area contributed by atoms with Crippen molar-refractivity contribution in [1.82, 2.24) is 15.2 Å². The average Bonchev–Trinajstić information content (AvgIpc) is 3.81. The number of benzene rings is 1. The molecular weight excluding hydrogens is 516 g/mol. The Balaban J connectivity index is 1.41. The van der Waals surface area contributed by atoms with E-state index in [1.807, 2.05) is 0 Å². The lowest BCUT2D eigenvalue weighted by Crippen LogP contribution is -2.44. The molecule has 5 rings (SSSR count). The van der Waals surface area contributed by atoms with Gasteiger partial charge in [0.1, 0.15) is 6.04 Å². The van der Waals surface area contributed by atoms with Gasteiger partial charge in [-0.15, -0.1) is 0 Å². The predicted molar refractivity (Wildman–Crippen MR) is 133 cm³/mol. The maximum atomic E-state index is 13.6. The molecule has 0 unspecified atom stereocenters. The summed E-state index contributed by atoms with van der Waals surface area (Å²) in [5.74, 6) is -1.04. The molecule has 1 aliphatic heterocycles. The molecule has 39 heavy (non-hydrogen) atoms. The minimum atomic E-state index is -3.04. The van der Waals surface area contributed by atoms with Crippen LogP contribution in [0.2, 0.25) is 0 Å². The van der Waals surface area contributed by atoms with Gasteiger partial charge in [0.15, 0.2) is 23.0 Å². The highest BCUT2D eigenvalue weighted by molar-refractivity contribution is 5.97. The second-order valence-corrected chi connectivity index (χ2v) is 10.4. The molecule has 3 atom stereocenters. The first-order valence-electron chi connectivity index (χ1n) is 13.0. The van der Waals surface area contributed by atoms with E-state index in [1.165, 1.54) is 23.1 Å². The van der Waals surface area contributed by atoms with Gasteiger partial charge in [-0.2, -0.15) is 8.78 Å². The molecule has 3 fully saturated rings. The first-order valence-corrected chi connectivity index (χ1v) is 13.0. The number of halogens is 2. The standard InChI is InChI=1S/C26H31F2N5O6/c1-12(29)21-20(25(36)33-10-16(9-17(33)22(30)34)31-23(35)14-4-5-14)32-24(39-21)15-6-7-18(38-26(27)28)19(8-15)37-11-13-2-3-13/h6-8,12-14,16-17,26H,2-5,9-11,29H2,1H3,(H2,30,34)(H,31,35)/t12-,16+,17-/m0/s1. The molecule has 2 aromatic rings. The largest absolute Gasteiger partial charge is 0.489 e. The van der Waals surface area contributed by atoms with Crippen molar-refractivity contribution in [3.63, 3.8) is 0 Å². The number of ether oxygens (including phenoxy) is 2. The number of oxazole rings is 1. The van der Waals surface area contributed by atoms with Crippen molar-refractivity contribution < 1.29 is 37.1 Å². The van der Waals surface area contributed by atoms with Gasteiger partial charge in [-0.3, -0.25) is 14.4 Å². The normalized spacial score (nSPS) is 21.6. The maximum absolute atomic E-state index is 13.6. The molecule has 5 N–H and O–H groups in total. The molecule has 1 saturated heterocycles. The number of alkyl halides is 2.